The van der Waals surface area contributed by atoms with Gasteiger partial charge in [-0.2, -0.15) is 0 Å². The third-order valence-electron chi connectivity index (χ3n) is 11.9. The Balaban J connectivity index is 1.15. The van der Waals surface area contributed by atoms with Crippen molar-refractivity contribution in [3.05, 3.63) is 212 Å². The maximum absolute atomic E-state index is 7.16. The molecule has 12 aromatic rings. The van der Waals surface area contributed by atoms with Gasteiger partial charge in [0, 0.05) is 38.1 Å². The third kappa shape index (κ3) is 5.05. The summed E-state index contributed by atoms with van der Waals surface area (Å²) in [7, 11) is 0. The molecule has 0 unspecified atom stereocenters. The molecule has 0 bridgehead atoms. The van der Waals surface area contributed by atoms with Crippen LogP contribution in [0.1, 0.15) is 0 Å². The van der Waals surface area contributed by atoms with Crippen molar-refractivity contribution in [3.8, 4) is 50.2 Å². The van der Waals surface area contributed by atoms with Gasteiger partial charge >= 0.3 is 0 Å². The smallest absolute Gasteiger partial charge is 0.143 e. The minimum absolute atomic E-state index is 0.890. The Hall–Kier alpha value is -7.68. The highest BCUT2D eigenvalue weighted by molar-refractivity contribution is 6.18. The molecule has 0 aliphatic rings. The topological polar surface area (TPSA) is 18.1 Å². The highest BCUT2D eigenvalue weighted by Crippen LogP contribution is 2.46. The molecule has 0 aliphatic carbocycles. The average Bonchev–Trinajstić information content (AvgIpc) is 3.84. The summed E-state index contributed by atoms with van der Waals surface area (Å²) in [4.78, 5) is 0. The van der Waals surface area contributed by atoms with Gasteiger partial charge in [0.1, 0.15) is 11.2 Å². The van der Waals surface area contributed by atoms with Gasteiger partial charge in [0.2, 0.25) is 0 Å². The van der Waals surface area contributed by atoms with Crippen LogP contribution in [0.15, 0.2) is 217 Å². The van der Waals surface area contributed by atoms with E-state index >= 15 is 0 Å². The Bertz CT molecular complexity index is 3540. The highest BCUT2D eigenvalue weighted by Gasteiger charge is 2.21. The van der Waals surface area contributed by atoms with Gasteiger partial charge in [-0.05, 0) is 98.1 Å². The van der Waals surface area contributed by atoms with Gasteiger partial charge in [0.25, 0.3) is 0 Å². The zero-order chi connectivity index (χ0) is 38.2. The fraction of sp³-hybridized carbons (Fsp3) is 0. The molecule has 2 heteroatoms. The molecule has 0 N–H and O–H groups in total. The van der Waals surface area contributed by atoms with Crippen molar-refractivity contribution in [1.29, 1.82) is 0 Å². The number of nitrogens with zero attached hydrogens (tertiary/aromatic N) is 1. The lowest BCUT2D eigenvalue weighted by molar-refractivity contribution is 0.671. The van der Waals surface area contributed by atoms with Crippen molar-refractivity contribution in [2.75, 3.05) is 0 Å². The van der Waals surface area contributed by atoms with E-state index in [9.17, 15) is 0 Å². The van der Waals surface area contributed by atoms with Gasteiger partial charge in [0.15, 0.2) is 0 Å². The second-order valence-electron chi connectivity index (χ2n) is 15.2. The number of hydrogen-bond acceptors (Lipinski definition) is 1. The first-order valence-corrected chi connectivity index (χ1v) is 19.9. The van der Waals surface area contributed by atoms with Crippen LogP contribution < -0.4 is 0 Å². The van der Waals surface area contributed by atoms with Crippen molar-refractivity contribution in [3.63, 3.8) is 0 Å². The summed E-state index contributed by atoms with van der Waals surface area (Å²) in [6, 6.07) is 76.9. The van der Waals surface area contributed by atoms with E-state index in [1.54, 1.807) is 0 Å². The van der Waals surface area contributed by atoms with Crippen molar-refractivity contribution in [2.45, 2.75) is 0 Å². The maximum atomic E-state index is 7.16. The standard InChI is InChI=1S/C56H35NO/c1-4-16-36(17-5-1)41-31-47(38-20-8-3-9-21-38)55-50(33-41)51-34-42(37-18-6-2-7-19-37)32-48(56(51)58-55)40-28-29-53-49(30-40)46-26-14-15-27-52(46)57(53)54-35-39-22-10-11-23-43(39)44-24-12-13-25-45(44)54/h1-35H. The first-order chi connectivity index (χ1) is 28.8. The second-order valence-corrected chi connectivity index (χ2v) is 15.2. The molecule has 0 spiro atoms. The first kappa shape index (κ1) is 32.6. The predicted molar refractivity (Wildman–Crippen MR) is 245 cm³/mol. The second kappa shape index (κ2) is 12.9. The summed E-state index contributed by atoms with van der Waals surface area (Å²) >= 11 is 0. The van der Waals surface area contributed by atoms with Gasteiger partial charge in [-0.3, -0.25) is 0 Å². The fourth-order valence-corrected chi connectivity index (χ4v) is 9.24. The lowest BCUT2D eigenvalue weighted by Crippen LogP contribution is -1.96. The van der Waals surface area contributed by atoms with E-state index < -0.39 is 0 Å². The minimum Gasteiger partial charge on any atom is -0.455 e. The van der Waals surface area contributed by atoms with Crippen LogP contribution in [0, 0.1) is 0 Å². The van der Waals surface area contributed by atoms with E-state index in [4.69, 9.17) is 4.42 Å². The minimum atomic E-state index is 0.890. The molecule has 10 aromatic carbocycles. The van der Waals surface area contributed by atoms with E-state index in [0.29, 0.717) is 0 Å². The summed E-state index contributed by atoms with van der Waals surface area (Å²) in [6.45, 7) is 0. The molecular formula is C56H35NO. The lowest BCUT2D eigenvalue weighted by atomic mass is 9.93. The lowest BCUT2D eigenvalue weighted by Gasteiger charge is -2.14. The van der Waals surface area contributed by atoms with Gasteiger partial charge in [-0.15, -0.1) is 0 Å². The Morgan fingerprint density at radius 1 is 0.276 bits per heavy atom. The quantitative estimate of drug-likeness (QED) is 0.161. The zero-order valence-electron chi connectivity index (χ0n) is 31.6. The number of aromatic nitrogens is 1. The maximum Gasteiger partial charge on any atom is 0.143 e. The number of para-hydroxylation sites is 1. The number of rotatable bonds is 5. The average molecular weight is 738 g/mol. The van der Waals surface area contributed by atoms with Crippen molar-refractivity contribution >= 4 is 65.3 Å². The van der Waals surface area contributed by atoms with Crippen LogP contribution in [0.5, 0.6) is 0 Å². The Kier molecular flexibility index (Phi) is 7.26. The van der Waals surface area contributed by atoms with E-state index in [0.717, 1.165) is 55.3 Å². The van der Waals surface area contributed by atoms with Crippen LogP contribution >= 0.6 is 0 Å². The number of hydrogen-bond donors (Lipinski definition) is 0. The summed E-state index contributed by atoms with van der Waals surface area (Å²) in [6.07, 6.45) is 0. The summed E-state index contributed by atoms with van der Waals surface area (Å²) < 4.78 is 9.62. The van der Waals surface area contributed by atoms with Gasteiger partial charge in [-0.25, -0.2) is 0 Å². The molecule has 0 saturated carbocycles. The zero-order valence-corrected chi connectivity index (χ0v) is 31.6. The van der Waals surface area contributed by atoms with Crippen LogP contribution in [0.3, 0.4) is 0 Å². The number of furan rings is 1. The Morgan fingerprint density at radius 3 is 1.41 bits per heavy atom. The fourth-order valence-electron chi connectivity index (χ4n) is 9.24. The van der Waals surface area contributed by atoms with Crippen LogP contribution in [-0.4, -0.2) is 4.57 Å². The monoisotopic (exact) mass is 737 g/mol. The molecule has 0 amide bonds. The molecule has 0 saturated heterocycles. The van der Waals surface area contributed by atoms with Crippen molar-refractivity contribution < 1.29 is 4.42 Å². The molecule has 0 fully saturated rings. The van der Waals surface area contributed by atoms with Crippen LogP contribution in [0.2, 0.25) is 0 Å². The normalized spacial score (nSPS) is 11.8. The summed E-state index contributed by atoms with van der Waals surface area (Å²) in [5, 5.41) is 9.62. The molecule has 12 rings (SSSR count). The molecule has 0 radical (unpaired) electrons. The SMILES string of the molecule is c1ccc(-c2cc(-c3ccccc3)c3oc4c(-c5ccc6c(c5)c5ccccc5n6-c5cc6ccccc6c6ccccc56)cc(-c5ccccc5)cc4c3c2)cc1. The van der Waals surface area contributed by atoms with Crippen molar-refractivity contribution in [2.24, 2.45) is 0 Å². The van der Waals surface area contributed by atoms with Crippen LogP contribution in [-0.2, 0) is 0 Å². The third-order valence-corrected chi connectivity index (χ3v) is 11.9. The van der Waals surface area contributed by atoms with Crippen molar-refractivity contribution in [1.82, 2.24) is 4.57 Å². The molecular weight excluding hydrogens is 703 g/mol. The number of fused-ring (bicyclic) bond motifs is 9. The number of benzene rings is 10. The molecule has 58 heavy (non-hydrogen) atoms. The van der Waals surface area contributed by atoms with E-state index in [1.807, 2.05) is 0 Å². The first-order valence-electron chi connectivity index (χ1n) is 19.9. The molecule has 2 heterocycles. The Labute approximate surface area is 335 Å². The van der Waals surface area contributed by atoms with Gasteiger partial charge < -0.3 is 8.98 Å². The van der Waals surface area contributed by atoms with E-state index in [-0.39, 0.29) is 0 Å². The van der Waals surface area contributed by atoms with E-state index in [2.05, 4.69) is 217 Å². The largest absolute Gasteiger partial charge is 0.455 e. The van der Waals surface area contributed by atoms with Gasteiger partial charge in [0.05, 0.1) is 16.7 Å². The van der Waals surface area contributed by atoms with Gasteiger partial charge in [-0.1, -0.05) is 164 Å². The summed E-state index contributed by atoms with van der Waals surface area (Å²) in [5.41, 5.74) is 14.4. The predicted octanol–water partition coefficient (Wildman–Crippen LogP) is 15.7. The molecule has 0 aliphatic heterocycles. The molecule has 270 valence electrons. The molecule has 2 aromatic heterocycles. The summed E-state index contributed by atoms with van der Waals surface area (Å²) in [5.74, 6) is 0. The van der Waals surface area contributed by atoms with E-state index in [1.165, 1.54) is 60.2 Å². The Morgan fingerprint density at radius 2 is 0.759 bits per heavy atom. The molecule has 0 atom stereocenters. The highest BCUT2D eigenvalue weighted by atomic mass is 16.3. The van der Waals surface area contributed by atoms with Crippen LogP contribution in [0.4, 0.5) is 0 Å². The molecule has 2 nitrogen and oxygen atoms in total. The van der Waals surface area contributed by atoms with Crippen LogP contribution in [0.25, 0.3) is 115 Å².